The van der Waals surface area contributed by atoms with Crippen LogP contribution >= 0.6 is 34.7 Å². The van der Waals surface area contributed by atoms with Crippen molar-refractivity contribution >= 4 is 45.7 Å². The number of hydrogen-bond donors (Lipinski definition) is 1. The van der Waals surface area contributed by atoms with E-state index in [4.69, 9.17) is 16.3 Å². The highest BCUT2D eigenvalue weighted by Crippen LogP contribution is 2.29. The number of carbonyl (C=O) groups excluding carboxylic acids is 1. The van der Waals surface area contributed by atoms with Gasteiger partial charge in [0.1, 0.15) is 5.75 Å². The first kappa shape index (κ1) is 20.6. The van der Waals surface area contributed by atoms with Crippen LogP contribution in [0.4, 0.5) is 5.13 Å². The van der Waals surface area contributed by atoms with Gasteiger partial charge in [0.2, 0.25) is 5.91 Å². The molecule has 0 saturated heterocycles. The number of aryl methyl sites for hydroxylation is 2. The number of hydrogen-bond acceptors (Lipinski definition) is 7. The minimum Gasteiger partial charge on any atom is -0.483 e. The number of thiazole rings is 1. The Hall–Kier alpha value is -2.10. The number of anilines is 1. The van der Waals surface area contributed by atoms with Crippen LogP contribution in [0.3, 0.4) is 0 Å². The van der Waals surface area contributed by atoms with E-state index in [-0.39, 0.29) is 17.8 Å². The van der Waals surface area contributed by atoms with E-state index in [1.807, 2.05) is 49.9 Å². The minimum atomic E-state index is -0.309. The molecule has 1 unspecified atom stereocenters. The van der Waals surface area contributed by atoms with Crippen molar-refractivity contribution in [2.24, 2.45) is 7.05 Å². The van der Waals surface area contributed by atoms with E-state index in [0.717, 1.165) is 21.9 Å². The van der Waals surface area contributed by atoms with E-state index in [0.29, 0.717) is 16.1 Å². The number of ether oxygens (including phenoxy) is 1. The lowest BCUT2D eigenvalue weighted by Crippen LogP contribution is -2.14. The van der Waals surface area contributed by atoms with Gasteiger partial charge in [0, 0.05) is 23.6 Å². The van der Waals surface area contributed by atoms with E-state index in [1.165, 1.54) is 23.1 Å². The number of rotatable bonds is 7. The summed E-state index contributed by atoms with van der Waals surface area (Å²) in [4.78, 5) is 16.0. The molecule has 1 N–H and O–H groups in total. The van der Waals surface area contributed by atoms with Gasteiger partial charge in [-0.3, -0.25) is 4.79 Å². The number of halogens is 1. The molecule has 0 aliphatic heterocycles. The molecule has 0 aliphatic carbocycles. The topological polar surface area (TPSA) is 81.9 Å². The molecule has 0 spiro atoms. The largest absolute Gasteiger partial charge is 0.483 e. The van der Waals surface area contributed by atoms with Gasteiger partial charge in [-0.2, -0.15) is 0 Å². The Bertz CT molecular complexity index is 952. The maximum atomic E-state index is 12.0. The van der Waals surface area contributed by atoms with E-state index in [2.05, 4.69) is 20.5 Å². The molecule has 0 radical (unpaired) electrons. The third-order valence-corrected chi connectivity index (χ3v) is 6.27. The third-order valence-electron chi connectivity index (χ3n) is 3.97. The third kappa shape index (κ3) is 4.84. The molecular formula is C18H20ClN5O2S2. The Morgan fingerprint density at radius 3 is 2.71 bits per heavy atom. The Labute approximate surface area is 176 Å². The van der Waals surface area contributed by atoms with Gasteiger partial charge in [-0.25, -0.2) is 4.98 Å². The second-order valence-electron chi connectivity index (χ2n) is 6.21. The van der Waals surface area contributed by atoms with E-state index in [1.54, 1.807) is 6.20 Å². The number of benzene rings is 1. The molecule has 0 fully saturated rings. The monoisotopic (exact) mass is 437 g/mol. The summed E-state index contributed by atoms with van der Waals surface area (Å²) in [6, 6.07) is 3.81. The molecule has 2 aromatic heterocycles. The van der Waals surface area contributed by atoms with Gasteiger partial charge in [0.15, 0.2) is 22.2 Å². The molecule has 1 amide bonds. The quantitative estimate of drug-likeness (QED) is 0.551. The Kier molecular flexibility index (Phi) is 6.58. The van der Waals surface area contributed by atoms with Gasteiger partial charge in [-0.15, -0.1) is 21.5 Å². The fraction of sp³-hybridized carbons (Fsp3) is 0.333. The molecule has 28 heavy (non-hydrogen) atoms. The van der Waals surface area contributed by atoms with Gasteiger partial charge < -0.3 is 14.6 Å². The smallest absolute Gasteiger partial charge is 0.236 e. The molecule has 3 rings (SSSR count). The average molecular weight is 438 g/mol. The predicted molar refractivity (Wildman–Crippen MR) is 112 cm³/mol. The van der Waals surface area contributed by atoms with Gasteiger partial charge in [0.05, 0.1) is 5.75 Å². The van der Waals surface area contributed by atoms with Crippen LogP contribution in [0.1, 0.15) is 30.0 Å². The van der Waals surface area contributed by atoms with E-state index in [9.17, 15) is 4.79 Å². The van der Waals surface area contributed by atoms with Crippen molar-refractivity contribution in [2.45, 2.75) is 32.0 Å². The van der Waals surface area contributed by atoms with Crippen LogP contribution in [0.5, 0.6) is 5.75 Å². The van der Waals surface area contributed by atoms with E-state index < -0.39 is 0 Å². The first-order valence-corrected chi connectivity index (χ1v) is 10.7. The van der Waals surface area contributed by atoms with Crippen LogP contribution in [0.25, 0.3) is 0 Å². The standard InChI is InChI=1S/C18H20ClN5O2S2/c1-10-7-13(8-11(2)15(10)19)26-12(3)16-22-23-18(24(16)4)28-9-14(25)21-17-20-5-6-27-17/h5-8,12H,9H2,1-4H3,(H,20,21,25). The summed E-state index contributed by atoms with van der Waals surface area (Å²) in [6.45, 7) is 5.80. The summed E-state index contributed by atoms with van der Waals surface area (Å²) >= 11 is 8.90. The highest BCUT2D eigenvalue weighted by atomic mass is 35.5. The summed E-state index contributed by atoms with van der Waals surface area (Å²) in [5.74, 6) is 1.48. The second-order valence-corrected chi connectivity index (χ2v) is 8.42. The molecule has 1 atom stereocenters. The van der Waals surface area contributed by atoms with Gasteiger partial charge in [-0.1, -0.05) is 23.4 Å². The molecule has 2 heterocycles. The lowest BCUT2D eigenvalue weighted by molar-refractivity contribution is -0.113. The molecule has 0 aliphatic rings. The summed E-state index contributed by atoms with van der Waals surface area (Å²) in [5.41, 5.74) is 1.92. The minimum absolute atomic E-state index is 0.138. The number of amides is 1. The fourth-order valence-electron chi connectivity index (χ4n) is 2.61. The van der Waals surface area contributed by atoms with Crippen LogP contribution in [-0.4, -0.2) is 31.4 Å². The van der Waals surface area contributed by atoms with Crippen LogP contribution in [0.15, 0.2) is 28.9 Å². The maximum absolute atomic E-state index is 12.0. The number of carbonyl (C=O) groups is 1. The first-order valence-electron chi connectivity index (χ1n) is 8.50. The number of nitrogens with zero attached hydrogens (tertiary/aromatic N) is 4. The van der Waals surface area contributed by atoms with Crippen molar-refractivity contribution in [3.63, 3.8) is 0 Å². The Morgan fingerprint density at radius 2 is 2.07 bits per heavy atom. The summed E-state index contributed by atoms with van der Waals surface area (Å²) in [7, 11) is 1.86. The van der Waals surface area contributed by atoms with Crippen molar-refractivity contribution in [1.29, 1.82) is 0 Å². The van der Waals surface area contributed by atoms with Crippen molar-refractivity contribution < 1.29 is 9.53 Å². The van der Waals surface area contributed by atoms with Gasteiger partial charge in [-0.05, 0) is 44.0 Å². The Morgan fingerprint density at radius 1 is 1.36 bits per heavy atom. The lowest BCUT2D eigenvalue weighted by Gasteiger charge is -2.16. The van der Waals surface area contributed by atoms with Crippen LogP contribution in [0.2, 0.25) is 5.02 Å². The molecule has 3 aromatic rings. The van der Waals surface area contributed by atoms with E-state index >= 15 is 0 Å². The number of nitrogens with one attached hydrogen (secondary N) is 1. The molecule has 0 bridgehead atoms. The SMILES string of the molecule is Cc1cc(OC(C)c2nnc(SCC(=O)Nc3nccs3)n2C)cc(C)c1Cl. The van der Waals surface area contributed by atoms with Crippen molar-refractivity contribution in [3.8, 4) is 5.75 Å². The highest BCUT2D eigenvalue weighted by molar-refractivity contribution is 7.99. The summed E-state index contributed by atoms with van der Waals surface area (Å²) in [5, 5.41) is 14.9. The maximum Gasteiger partial charge on any atom is 0.236 e. The summed E-state index contributed by atoms with van der Waals surface area (Å²) in [6.07, 6.45) is 1.34. The van der Waals surface area contributed by atoms with Gasteiger partial charge >= 0.3 is 0 Å². The van der Waals surface area contributed by atoms with Crippen LogP contribution < -0.4 is 10.1 Å². The molecule has 1 aromatic carbocycles. The first-order chi connectivity index (χ1) is 13.3. The van der Waals surface area contributed by atoms with Crippen LogP contribution in [-0.2, 0) is 11.8 Å². The van der Waals surface area contributed by atoms with Gasteiger partial charge in [0.25, 0.3) is 0 Å². The predicted octanol–water partition coefficient (Wildman–Crippen LogP) is 4.41. The van der Waals surface area contributed by atoms with Crippen molar-refractivity contribution in [2.75, 3.05) is 11.1 Å². The zero-order valence-corrected chi connectivity index (χ0v) is 18.3. The normalized spacial score (nSPS) is 12.0. The van der Waals surface area contributed by atoms with Crippen LogP contribution in [0, 0.1) is 13.8 Å². The van der Waals surface area contributed by atoms with Crippen molar-refractivity contribution in [3.05, 3.63) is 45.7 Å². The molecule has 7 nitrogen and oxygen atoms in total. The molecule has 148 valence electrons. The zero-order chi connectivity index (χ0) is 20.3. The number of thioether (sulfide) groups is 1. The average Bonchev–Trinajstić information content (AvgIpc) is 3.27. The highest BCUT2D eigenvalue weighted by Gasteiger charge is 2.19. The van der Waals surface area contributed by atoms with Crippen molar-refractivity contribution in [1.82, 2.24) is 19.7 Å². The number of aromatic nitrogens is 4. The summed E-state index contributed by atoms with van der Waals surface area (Å²) < 4.78 is 7.86. The Balaban J connectivity index is 1.62. The zero-order valence-electron chi connectivity index (χ0n) is 15.9. The molecular weight excluding hydrogens is 418 g/mol. The molecule has 10 heteroatoms. The second kappa shape index (κ2) is 8.93. The lowest BCUT2D eigenvalue weighted by atomic mass is 10.1. The molecule has 0 saturated carbocycles. The fourth-order valence-corrected chi connectivity index (χ4v) is 3.98.